The van der Waals surface area contributed by atoms with Crippen LogP contribution in [0.25, 0.3) is 0 Å². The maximum absolute atomic E-state index is 12.8. The lowest BCUT2D eigenvalue weighted by molar-refractivity contribution is -0.138. The molecular weight excluding hydrogens is 364 g/mol. The average molecular weight is 403 g/mol. The molecule has 5 nitrogen and oxygen atoms in total. The van der Waals surface area contributed by atoms with E-state index in [2.05, 4.69) is 17.1 Å². The fourth-order valence-corrected chi connectivity index (χ4v) is 4.28. The summed E-state index contributed by atoms with van der Waals surface area (Å²) in [6, 6.07) is 0. The summed E-state index contributed by atoms with van der Waals surface area (Å²) >= 11 is 0. The van der Waals surface area contributed by atoms with Gasteiger partial charge in [0, 0.05) is 18.5 Å². The molecular formula is C24H38N2O3. The van der Waals surface area contributed by atoms with Crippen LogP contribution in [0.4, 0.5) is 11.4 Å². The van der Waals surface area contributed by atoms with Gasteiger partial charge in [0.2, 0.25) is 5.91 Å². The first-order chi connectivity index (χ1) is 13.5. The van der Waals surface area contributed by atoms with Gasteiger partial charge in [0.05, 0.1) is 17.3 Å². The normalized spacial score (nSPS) is 14.7. The highest BCUT2D eigenvalue weighted by Crippen LogP contribution is 2.45. The van der Waals surface area contributed by atoms with Crippen molar-refractivity contribution in [2.24, 2.45) is 5.41 Å². The lowest BCUT2D eigenvalue weighted by Crippen LogP contribution is -2.30. The van der Waals surface area contributed by atoms with E-state index in [1.807, 2.05) is 34.6 Å². The number of carbonyl (C=O) groups is 2. The van der Waals surface area contributed by atoms with Crippen molar-refractivity contribution in [3.8, 4) is 0 Å². The topological polar surface area (TPSA) is 69.6 Å². The van der Waals surface area contributed by atoms with Crippen LogP contribution in [0.15, 0.2) is 0 Å². The maximum atomic E-state index is 12.8. The number of anilines is 2. The monoisotopic (exact) mass is 402 g/mol. The summed E-state index contributed by atoms with van der Waals surface area (Å²) in [5.74, 6) is -1.48. The van der Waals surface area contributed by atoms with Crippen LogP contribution in [0, 0.1) is 19.3 Å². The molecule has 0 spiro atoms. The van der Waals surface area contributed by atoms with Crippen LogP contribution >= 0.6 is 0 Å². The van der Waals surface area contributed by atoms with Gasteiger partial charge in [0.15, 0.2) is 0 Å². The zero-order valence-corrected chi connectivity index (χ0v) is 19.2. The van der Waals surface area contributed by atoms with Gasteiger partial charge in [0.25, 0.3) is 0 Å². The van der Waals surface area contributed by atoms with Gasteiger partial charge in [-0.05, 0) is 55.9 Å². The fraction of sp³-hybridized carbons (Fsp3) is 0.667. The molecule has 0 radical (unpaired) electrons. The molecule has 2 rings (SSSR count). The molecule has 2 N–H and O–H groups in total. The van der Waals surface area contributed by atoms with Crippen LogP contribution in [0.5, 0.6) is 0 Å². The van der Waals surface area contributed by atoms with Crippen molar-refractivity contribution < 1.29 is 14.7 Å². The zero-order chi connectivity index (χ0) is 21.9. The minimum atomic E-state index is -0.835. The Labute approximate surface area is 175 Å². The number of carboxylic acid groups (broad SMARTS) is 1. The Bertz CT molecular complexity index is 778. The first-order valence-electron chi connectivity index (χ1n) is 11.0. The predicted octanol–water partition coefficient (Wildman–Crippen LogP) is 5.42. The molecule has 0 bridgehead atoms. The van der Waals surface area contributed by atoms with E-state index in [0.717, 1.165) is 54.0 Å². The van der Waals surface area contributed by atoms with E-state index in [1.54, 1.807) is 6.92 Å². The van der Waals surface area contributed by atoms with Crippen molar-refractivity contribution in [3.63, 3.8) is 0 Å². The molecule has 1 heterocycles. The van der Waals surface area contributed by atoms with Crippen LogP contribution in [-0.2, 0) is 16.0 Å². The van der Waals surface area contributed by atoms with E-state index in [-0.39, 0.29) is 5.91 Å². The molecule has 1 unspecified atom stereocenters. The largest absolute Gasteiger partial charge is 0.481 e. The van der Waals surface area contributed by atoms with E-state index in [9.17, 15) is 14.7 Å². The third kappa shape index (κ3) is 4.93. The third-order valence-electron chi connectivity index (χ3n) is 6.11. The van der Waals surface area contributed by atoms with Crippen LogP contribution in [-0.4, -0.2) is 30.1 Å². The number of nitrogens with zero attached hydrogens (tertiary/aromatic N) is 1. The second kappa shape index (κ2) is 9.19. The Morgan fingerprint density at radius 2 is 1.79 bits per heavy atom. The Morgan fingerprint density at radius 3 is 2.34 bits per heavy atom. The molecule has 1 aromatic carbocycles. The van der Waals surface area contributed by atoms with Gasteiger partial charge in [0.1, 0.15) is 0 Å². The lowest BCUT2D eigenvalue weighted by Gasteiger charge is -2.29. The summed E-state index contributed by atoms with van der Waals surface area (Å²) in [5, 5.41) is 12.8. The predicted molar refractivity (Wildman–Crippen MR) is 120 cm³/mol. The SMILES string of the molecule is CCCCCCN1CCc2c(C)c(C(C)C(=O)O)c(C)c(NC(=O)C(C)(C)C)c21. The molecule has 0 saturated heterocycles. The number of unbranched alkanes of at least 4 members (excludes halogenated alkanes) is 3. The minimum absolute atomic E-state index is 0.0431. The third-order valence-corrected chi connectivity index (χ3v) is 6.11. The van der Waals surface area contributed by atoms with Gasteiger partial charge in [-0.3, -0.25) is 9.59 Å². The minimum Gasteiger partial charge on any atom is -0.481 e. The fourth-order valence-electron chi connectivity index (χ4n) is 4.28. The second-order valence-electron chi connectivity index (χ2n) is 9.43. The van der Waals surface area contributed by atoms with E-state index < -0.39 is 17.3 Å². The van der Waals surface area contributed by atoms with E-state index >= 15 is 0 Å². The number of amides is 1. The molecule has 1 aliphatic rings. The summed E-state index contributed by atoms with van der Waals surface area (Å²) in [6.45, 7) is 15.5. The van der Waals surface area contributed by atoms with E-state index in [0.29, 0.717) is 0 Å². The molecule has 1 atom stereocenters. The number of hydrogen-bond acceptors (Lipinski definition) is 3. The number of benzene rings is 1. The first kappa shape index (κ1) is 23.2. The number of aliphatic carboxylic acids is 1. The lowest BCUT2D eigenvalue weighted by atomic mass is 9.86. The van der Waals surface area contributed by atoms with Crippen molar-refractivity contribution in [1.29, 1.82) is 0 Å². The molecule has 29 heavy (non-hydrogen) atoms. The number of nitrogens with one attached hydrogen (secondary N) is 1. The Kier molecular flexibility index (Phi) is 7.36. The summed E-state index contributed by atoms with van der Waals surface area (Å²) in [7, 11) is 0. The molecule has 0 fully saturated rings. The van der Waals surface area contributed by atoms with Crippen LogP contribution in [0.3, 0.4) is 0 Å². The molecule has 5 heteroatoms. The number of fused-ring (bicyclic) bond motifs is 1. The Hall–Kier alpha value is -2.04. The van der Waals surface area contributed by atoms with Crippen molar-refractivity contribution in [2.75, 3.05) is 23.3 Å². The van der Waals surface area contributed by atoms with Gasteiger partial charge >= 0.3 is 5.97 Å². The highest BCUT2D eigenvalue weighted by Gasteiger charge is 2.33. The molecule has 1 amide bonds. The first-order valence-corrected chi connectivity index (χ1v) is 11.0. The summed E-state index contributed by atoms with van der Waals surface area (Å²) in [6.07, 6.45) is 5.68. The molecule has 0 aromatic heterocycles. The number of rotatable bonds is 8. The van der Waals surface area contributed by atoms with Crippen molar-refractivity contribution >= 4 is 23.3 Å². The zero-order valence-electron chi connectivity index (χ0n) is 19.2. The molecule has 0 saturated carbocycles. The van der Waals surface area contributed by atoms with Crippen LogP contribution in [0.1, 0.15) is 88.5 Å². The quantitative estimate of drug-likeness (QED) is 0.570. The van der Waals surface area contributed by atoms with Crippen LogP contribution < -0.4 is 10.2 Å². The number of carboxylic acids is 1. The van der Waals surface area contributed by atoms with Crippen LogP contribution in [0.2, 0.25) is 0 Å². The molecule has 0 aliphatic carbocycles. The Morgan fingerprint density at radius 1 is 1.14 bits per heavy atom. The van der Waals surface area contributed by atoms with Gasteiger partial charge in [-0.2, -0.15) is 0 Å². The molecule has 1 aliphatic heterocycles. The van der Waals surface area contributed by atoms with Gasteiger partial charge in [-0.15, -0.1) is 0 Å². The van der Waals surface area contributed by atoms with Crippen molar-refractivity contribution in [1.82, 2.24) is 0 Å². The van der Waals surface area contributed by atoms with Crippen molar-refractivity contribution in [3.05, 3.63) is 22.3 Å². The summed E-state index contributed by atoms with van der Waals surface area (Å²) in [5.41, 5.74) is 5.38. The van der Waals surface area contributed by atoms with Crippen molar-refractivity contribution in [2.45, 2.75) is 86.5 Å². The van der Waals surface area contributed by atoms with Gasteiger partial charge in [-0.25, -0.2) is 0 Å². The highest BCUT2D eigenvalue weighted by atomic mass is 16.4. The van der Waals surface area contributed by atoms with E-state index in [4.69, 9.17) is 0 Å². The smallest absolute Gasteiger partial charge is 0.310 e. The number of carbonyl (C=O) groups excluding carboxylic acids is 1. The standard InChI is InChI=1S/C24H38N2O3/c1-8-9-10-11-13-26-14-12-18-15(2)19(17(4)22(27)28)16(3)20(21(18)26)25-23(29)24(5,6)7/h17H,8-14H2,1-7H3,(H,25,29)(H,27,28). The summed E-state index contributed by atoms with van der Waals surface area (Å²) < 4.78 is 0. The Balaban J connectivity index is 2.55. The van der Waals surface area contributed by atoms with Gasteiger partial charge in [-0.1, -0.05) is 47.0 Å². The van der Waals surface area contributed by atoms with E-state index in [1.165, 1.54) is 24.8 Å². The molecule has 1 aromatic rings. The average Bonchev–Trinajstić information content (AvgIpc) is 3.05. The highest BCUT2D eigenvalue weighted by molar-refractivity contribution is 6.00. The number of hydrogen-bond donors (Lipinski definition) is 2. The maximum Gasteiger partial charge on any atom is 0.310 e. The van der Waals surface area contributed by atoms with Gasteiger partial charge < -0.3 is 15.3 Å². The summed E-state index contributed by atoms with van der Waals surface area (Å²) in [4.78, 5) is 27.0. The molecule has 162 valence electrons. The second-order valence-corrected chi connectivity index (χ2v) is 9.43.